The van der Waals surface area contributed by atoms with E-state index in [1.807, 2.05) is 6.07 Å². The standard InChI is InChI=1S/C18H18ClN3O5/c1-27-17(23)12-10-15(22(25)26)16(20-11-12)21-8-6-18(24,7-9-21)13-4-2-3-5-14(13)19/h2-5,10-11,24H,6-9H2,1H3. The molecule has 0 spiro atoms. The van der Waals surface area contributed by atoms with Crippen LogP contribution in [0.3, 0.4) is 0 Å². The number of aromatic nitrogens is 1. The summed E-state index contributed by atoms with van der Waals surface area (Å²) in [4.78, 5) is 28.3. The Kier molecular flexibility index (Phi) is 5.29. The summed E-state index contributed by atoms with van der Waals surface area (Å²) >= 11 is 6.21. The van der Waals surface area contributed by atoms with Gasteiger partial charge in [0.15, 0.2) is 0 Å². The highest BCUT2D eigenvalue weighted by atomic mass is 35.5. The molecule has 1 saturated heterocycles. The molecule has 0 saturated carbocycles. The number of methoxy groups -OCH3 is 1. The van der Waals surface area contributed by atoms with Crippen molar-refractivity contribution in [3.8, 4) is 0 Å². The van der Waals surface area contributed by atoms with Crippen LogP contribution in [-0.2, 0) is 10.3 Å². The van der Waals surface area contributed by atoms with E-state index in [-0.39, 0.29) is 17.1 Å². The van der Waals surface area contributed by atoms with Gasteiger partial charge in [-0.1, -0.05) is 29.8 Å². The molecule has 3 rings (SSSR count). The average molecular weight is 392 g/mol. The lowest BCUT2D eigenvalue weighted by atomic mass is 9.84. The predicted molar refractivity (Wildman–Crippen MR) is 99.0 cm³/mol. The highest BCUT2D eigenvalue weighted by Crippen LogP contribution is 2.39. The number of rotatable bonds is 4. The summed E-state index contributed by atoms with van der Waals surface area (Å²) in [7, 11) is 1.20. The van der Waals surface area contributed by atoms with Crippen molar-refractivity contribution < 1.29 is 19.6 Å². The van der Waals surface area contributed by atoms with Crippen molar-refractivity contribution in [1.82, 2.24) is 4.98 Å². The SMILES string of the molecule is COC(=O)c1cnc(N2CCC(O)(c3ccccc3Cl)CC2)c([N+](=O)[O-])c1. The van der Waals surface area contributed by atoms with E-state index in [1.165, 1.54) is 13.3 Å². The fourth-order valence-corrected chi connectivity index (χ4v) is 3.56. The lowest BCUT2D eigenvalue weighted by Gasteiger charge is -2.39. The van der Waals surface area contributed by atoms with Gasteiger partial charge in [0, 0.05) is 35.9 Å². The molecule has 0 aliphatic carbocycles. The second-order valence-corrected chi connectivity index (χ2v) is 6.72. The van der Waals surface area contributed by atoms with E-state index in [2.05, 4.69) is 9.72 Å². The number of pyridine rings is 1. The number of anilines is 1. The quantitative estimate of drug-likeness (QED) is 0.485. The number of hydrogen-bond donors (Lipinski definition) is 1. The van der Waals surface area contributed by atoms with Crippen molar-refractivity contribution in [2.45, 2.75) is 18.4 Å². The highest BCUT2D eigenvalue weighted by molar-refractivity contribution is 6.31. The van der Waals surface area contributed by atoms with Gasteiger partial charge in [0.25, 0.3) is 0 Å². The summed E-state index contributed by atoms with van der Waals surface area (Å²) in [6.07, 6.45) is 1.94. The van der Waals surface area contributed by atoms with Gasteiger partial charge in [-0.15, -0.1) is 0 Å². The first kappa shape index (κ1) is 19.1. The van der Waals surface area contributed by atoms with Crippen LogP contribution in [0.15, 0.2) is 36.5 Å². The first-order valence-electron chi connectivity index (χ1n) is 8.31. The lowest BCUT2D eigenvalue weighted by molar-refractivity contribution is -0.384. The molecule has 1 aliphatic heterocycles. The van der Waals surface area contributed by atoms with Crippen LogP contribution in [0.1, 0.15) is 28.8 Å². The summed E-state index contributed by atoms with van der Waals surface area (Å²) in [5.41, 5.74) is -0.719. The number of hydrogen-bond acceptors (Lipinski definition) is 7. The van der Waals surface area contributed by atoms with Crippen LogP contribution in [0.5, 0.6) is 0 Å². The number of halogens is 1. The van der Waals surface area contributed by atoms with Gasteiger partial charge in [-0.05, 0) is 18.9 Å². The second kappa shape index (κ2) is 7.50. The monoisotopic (exact) mass is 391 g/mol. The Morgan fingerprint density at radius 2 is 2.04 bits per heavy atom. The highest BCUT2D eigenvalue weighted by Gasteiger charge is 2.37. The molecule has 142 valence electrons. The van der Waals surface area contributed by atoms with Crippen LogP contribution < -0.4 is 4.90 Å². The Morgan fingerprint density at radius 1 is 1.37 bits per heavy atom. The van der Waals surface area contributed by atoms with E-state index in [0.717, 1.165) is 6.07 Å². The van der Waals surface area contributed by atoms with Gasteiger partial charge >= 0.3 is 11.7 Å². The third-order valence-corrected chi connectivity index (χ3v) is 5.06. The summed E-state index contributed by atoms with van der Waals surface area (Å²) in [6.45, 7) is 0.709. The summed E-state index contributed by atoms with van der Waals surface area (Å²) in [5, 5.41) is 22.9. The fourth-order valence-electron chi connectivity index (χ4n) is 3.25. The van der Waals surface area contributed by atoms with Crippen LogP contribution >= 0.6 is 11.6 Å². The molecule has 0 bridgehead atoms. The first-order chi connectivity index (χ1) is 12.9. The van der Waals surface area contributed by atoms with Gasteiger partial charge in [-0.25, -0.2) is 9.78 Å². The third-order valence-electron chi connectivity index (χ3n) is 4.73. The number of nitrogens with zero attached hydrogens (tertiary/aromatic N) is 3. The molecular formula is C18H18ClN3O5. The van der Waals surface area contributed by atoms with Gasteiger partial charge < -0.3 is 14.7 Å². The zero-order valence-corrected chi connectivity index (χ0v) is 15.3. The maximum Gasteiger partial charge on any atom is 0.339 e. The molecule has 2 aromatic rings. The minimum atomic E-state index is -1.10. The Morgan fingerprint density at radius 3 is 2.63 bits per heavy atom. The number of piperidine rings is 1. The Balaban J connectivity index is 1.85. The van der Waals surface area contributed by atoms with E-state index in [0.29, 0.717) is 36.5 Å². The Hall–Kier alpha value is -2.71. The maximum absolute atomic E-state index is 11.6. The van der Waals surface area contributed by atoms with Crippen molar-refractivity contribution in [2.75, 3.05) is 25.1 Å². The van der Waals surface area contributed by atoms with Crippen molar-refractivity contribution >= 4 is 29.1 Å². The van der Waals surface area contributed by atoms with Crippen LogP contribution in [-0.4, -0.2) is 41.2 Å². The molecule has 0 amide bonds. The second-order valence-electron chi connectivity index (χ2n) is 6.31. The number of aliphatic hydroxyl groups is 1. The molecule has 1 aromatic carbocycles. The first-order valence-corrected chi connectivity index (χ1v) is 8.68. The third kappa shape index (κ3) is 3.72. The van der Waals surface area contributed by atoms with Crippen molar-refractivity contribution in [3.05, 3.63) is 62.8 Å². The molecule has 8 nitrogen and oxygen atoms in total. The number of nitro groups is 1. The van der Waals surface area contributed by atoms with Gasteiger partial charge in [0.2, 0.25) is 5.82 Å². The van der Waals surface area contributed by atoms with E-state index in [9.17, 15) is 20.0 Å². The maximum atomic E-state index is 11.6. The molecule has 27 heavy (non-hydrogen) atoms. The van der Waals surface area contributed by atoms with Gasteiger partial charge in [-0.2, -0.15) is 0 Å². The minimum absolute atomic E-state index is 0.0116. The van der Waals surface area contributed by atoms with Crippen molar-refractivity contribution in [2.24, 2.45) is 0 Å². The van der Waals surface area contributed by atoms with Gasteiger partial charge in [-0.3, -0.25) is 10.1 Å². The molecule has 1 aliphatic rings. The van der Waals surface area contributed by atoms with Crippen molar-refractivity contribution in [1.29, 1.82) is 0 Å². The summed E-state index contributed by atoms with van der Waals surface area (Å²) < 4.78 is 4.58. The minimum Gasteiger partial charge on any atom is -0.465 e. The smallest absolute Gasteiger partial charge is 0.339 e. The number of carbonyl (C=O) groups excluding carboxylic acids is 1. The zero-order chi connectivity index (χ0) is 19.6. The normalized spacial score (nSPS) is 16.0. The average Bonchev–Trinajstić information content (AvgIpc) is 2.67. The van der Waals surface area contributed by atoms with E-state index in [4.69, 9.17) is 11.6 Å². The van der Waals surface area contributed by atoms with Crippen molar-refractivity contribution in [3.63, 3.8) is 0 Å². The van der Waals surface area contributed by atoms with E-state index >= 15 is 0 Å². The fraction of sp³-hybridized carbons (Fsp3) is 0.333. The number of esters is 1. The topological polar surface area (TPSA) is 106 Å². The molecule has 2 heterocycles. The van der Waals surface area contributed by atoms with Crippen LogP contribution in [0.25, 0.3) is 0 Å². The molecule has 0 atom stereocenters. The zero-order valence-electron chi connectivity index (χ0n) is 14.6. The van der Waals surface area contributed by atoms with Crippen LogP contribution in [0.4, 0.5) is 11.5 Å². The molecular weight excluding hydrogens is 374 g/mol. The van der Waals surface area contributed by atoms with Gasteiger partial charge in [0.1, 0.15) is 0 Å². The molecule has 0 unspecified atom stereocenters. The number of ether oxygens (including phenoxy) is 1. The molecule has 1 fully saturated rings. The largest absolute Gasteiger partial charge is 0.465 e. The Labute approximate surface area is 160 Å². The molecule has 9 heteroatoms. The van der Waals surface area contributed by atoms with Crippen LogP contribution in [0, 0.1) is 10.1 Å². The number of benzene rings is 1. The summed E-state index contributed by atoms with van der Waals surface area (Å²) in [6, 6.07) is 8.26. The van der Waals surface area contributed by atoms with Gasteiger partial charge in [0.05, 0.1) is 23.2 Å². The molecule has 1 aromatic heterocycles. The summed E-state index contributed by atoms with van der Waals surface area (Å²) in [5.74, 6) is -0.530. The lowest BCUT2D eigenvalue weighted by Crippen LogP contribution is -2.43. The van der Waals surface area contributed by atoms with E-state index < -0.39 is 16.5 Å². The predicted octanol–water partition coefficient (Wildman–Crippen LogP) is 2.92. The molecule has 1 N–H and O–H groups in total. The van der Waals surface area contributed by atoms with Crippen LogP contribution in [0.2, 0.25) is 5.02 Å². The Bertz CT molecular complexity index is 881. The number of carbonyl (C=O) groups is 1. The molecule has 0 radical (unpaired) electrons. The van der Waals surface area contributed by atoms with E-state index in [1.54, 1.807) is 23.1 Å².